The van der Waals surface area contributed by atoms with E-state index < -0.39 is 0 Å². The lowest BCUT2D eigenvalue weighted by Crippen LogP contribution is -2.40. The first kappa shape index (κ1) is 20.2. The molecule has 0 radical (unpaired) electrons. The Bertz CT molecular complexity index is 699. The normalized spacial score (nSPS) is 17.5. The second-order valence-electron chi connectivity index (χ2n) is 6.25. The van der Waals surface area contributed by atoms with Crippen LogP contribution in [0.15, 0.2) is 35.3 Å². The van der Waals surface area contributed by atoms with Crippen molar-refractivity contribution in [1.82, 2.24) is 15.2 Å². The molecule has 1 aliphatic heterocycles. The van der Waals surface area contributed by atoms with Gasteiger partial charge in [0.05, 0.1) is 17.2 Å². The van der Waals surface area contributed by atoms with Gasteiger partial charge in [0.25, 0.3) is 0 Å². The molecule has 25 heavy (non-hydrogen) atoms. The molecule has 0 amide bonds. The zero-order valence-electron chi connectivity index (χ0n) is 15.2. The molecule has 1 N–H and O–H groups in total. The molecular formula is C19H27IN4S. The minimum atomic E-state index is 0. The summed E-state index contributed by atoms with van der Waals surface area (Å²) >= 11 is 1.75. The zero-order chi connectivity index (χ0) is 16.9. The lowest BCUT2D eigenvalue weighted by Gasteiger charge is -2.21. The molecule has 0 spiro atoms. The van der Waals surface area contributed by atoms with Gasteiger partial charge in [-0.3, -0.25) is 0 Å². The SMILES string of the molecule is CCNC(=NCc1sc(C)nc1C)N1CCC(c2ccccc2)C1.I. The van der Waals surface area contributed by atoms with Gasteiger partial charge in [0, 0.05) is 30.4 Å². The summed E-state index contributed by atoms with van der Waals surface area (Å²) in [4.78, 5) is 13.0. The van der Waals surface area contributed by atoms with E-state index in [9.17, 15) is 0 Å². The van der Waals surface area contributed by atoms with Crippen LogP contribution in [0.2, 0.25) is 0 Å². The van der Waals surface area contributed by atoms with E-state index in [4.69, 9.17) is 4.99 Å². The third-order valence-electron chi connectivity index (χ3n) is 4.47. The van der Waals surface area contributed by atoms with E-state index in [1.807, 2.05) is 0 Å². The van der Waals surface area contributed by atoms with E-state index in [2.05, 4.69) is 66.3 Å². The fraction of sp³-hybridized carbons (Fsp3) is 0.474. The molecule has 4 nitrogen and oxygen atoms in total. The highest BCUT2D eigenvalue weighted by Crippen LogP contribution is 2.27. The van der Waals surface area contributed by atoms with Gasteiger partial charge in [-0.25, -0.2) is 9.98 Å². The summed E-state index contributed by atoms with van der Waals surface area (Å²) in [5.41, 5.74) is 2.55. The number of aryl methyl sites for hydroxylation is 2. The molecule has 1 aromatic carbocycles. The quantitative estimate of drug-likeness (QED) is 0.411. The summed E-state index contributed by atoms with van der Waals surface area (Å²) in [6, 6.07) is 10.8. The fourth-order valence-corrected chi connectivity index (χ4v) is 4.10. The van der Waals surface area contributed by atoms with E-state index in [0.29, 0.717) is 12.5 Å². The van der Waals surface area contributed by atoms with Crippen LogP contribution in [0.25, 0.3) is 0 Å². The summed E-state index contributed by atoms with van der Waals surface area (Å²) in [6.45, 7) is 9.97. The van der Waals surface area contributed by atoms with Crippen molar-refractivity contribution in [3.63, 3.8) is 0 Å². The van der Waals surface area contributed by atoms with Gasteiger partial charge in [-0.15, -0.1) is 35.3 Å². The number of halogens is 1. The summed E-state index contributed by atoms with van der Waals surface area (Å²) in [5, 5.41) is 4.57. The first-order chi connectivity index (χ1) is 11.7. The molecule has 2 heterocycles. The summed E-state index contributed by atoms with van der Waals surface area (Å²) in [6.07, 6.45) is 1.19. The van der Waals surface area contributed by atoms with Crippen molar-refractivity contribution >= 4 is 41.3 Å². The highest BCUT2D eigenvalue weighted by molar-refractivity contribution is 14.0. The Hall–Kier alpha value is -1.15. The maximum atomic E-state index is 4.87. The molecule has 1 unspecified atom stereocenters. The van der Waals surface area contributed by atoms with Crippen LogP contribution < -0.4 is 5.32 Å². The van der Waals surface area contributed by atoms with Gasteiger partial charge in [0.15, 0.2) is 5.96 Å². The van der Waals surface area contributed by atoms with Gasteiger partial charge in [0.2, 0.25) is 0 Å². The number of hydrogen-bond acceptors (Lipinski definition) is 3. The van der Waals surface area contributed by atoms with Crippen LogP contribution in [0.4, 0.5) is 0 Å². The van der Waals surface area contributed by atoms with Crippen molar-refractivity contribution in [3.05, 3.63) is 51.5 Å². The number of hydrogen-bond donors (Lipinski definition) is 1. The number of aromatic nitrogens is 1. The topological polar surface area (TPSA) is 40.5 Å². The van der Waals surface area contributed by atoms with Gasteiger partial charge in [-0.05, 0) is 32.8 Å². The zero-order valence-corrected chi connectivity index (χ0v) is 18.3. The molecule has 1 aliphatic rings. The minimum Gasteiger partial charge on any atom is -0.357 e. The van der Waals surface area contributed by atoms with Crippen molar-refractivity contribution in [2.75, 3.05) is 19.6 Å². The van der Waals surface area contributed by atoms with E-state index >= 15 is 0 Å². The molecule has 1 fully saturated rings. The van der Waals surface area contributed by atoms with E-state index in [-0.39, 0.29) is 24.0 Å². The molecule has 1 atom stereocenters. The Morgan fingerprint density at radius 2 is 2.08 bits per heavy atom. The molecule has 3 rings (SSSR count). The lowest BCUT2D eigenvalue weighted by atomic mass is 9.99. The van der Waals surface area contributed by atoms with Gasteiger partial charge in [-0.1, -0.05) is 30.3 Å². The number of nitrogens with zero attached hydrogens (tertiary/aromatic N) is 3. The van der Waals surface area contributed by atoms with E-state index in [1.165, 1.54) is 16.9 Å². The first-order valence-corrected chi connectivity index (χ1v) is 9.50. The number of rotatable bonds is 4. The van der Waals surface area contributed by atoms with Crippen LogP contribution in [0.3, 0.4) is 0 Å². The molecule has 0 saturated carbocycles. The Balaban J connectivity index is 0.00000225. The Morgan fingerprint density at radius 1 is 1.32 bits per heavy atom. The first-order valence-electron chi connectivity index (χ1n) is 8.68. The largest absolute Gasteiger partial charge is 0.357 e. The summed E-state index contributed by atoms with van der Waals surface area (Å²) in [7, 11) is 0. The van der Waals surface area contributed by atoms with Crippen LogP contribution in [0.5, 0.6) is 0 Å². The third kappa shape index (κ3) is 5.17. The summed E-state index contributed by atoms with van der Waals surface area (Å²) in [5.74, 6) is 1.63. The van der Waals surface area contributed by atoms with Crippen molar-refractivity contribution in [3.8, 4) is 0 Å². The predicted molar refractivity (Wildman–Crippen MR) is 117 cm³/mol. The average molecular weight is 470 g/mol. The molecule has 2 aromatic rings. The number of likely N-dealkylation sites (tertiary alicyclic amines) is 1. The smallest absolute Gasteiger partial charge is 0.194 e. The Kier molecular flexibility index (Phi) is 7.68. The van der Waals surface area contributed by atoms with Crippen molar-refractivity contribution < 1.29 is 0 Å². The van der Waals surface area contributed by atoms with Crippen molar-refractivity contribution in [2.45, 2.75) is 39.7 Å². The third-order valence-corrected chi connectivity index (χ3v) is 5.52. The number of nitrogens with one attached hydrogen (secondary N) is 1. The average Bonchev–Trinajstić information content (AvgIpc) is 3.19. The molecular weight excluding hydrogens is 443 g/mol. The highest BCUT2D eigenvalue weighted by Gasteiger charge is 2.25. The van der Waals surface area contributed by atoms with Crippen molar-refractivity contribution in [2.24, 2.45) is 4.99 Å². The van der Waals surface area contributed by atoms with E-state index in [0.717, 1.165) is 36.3 Å². The maximum Gasteiger partial charge on any atom is 0.194 e. The number of thiazole rings is 1. The molecule has 0 bridgehead atoms. The van der Waals surface area contributed by atoms with Crippen LogP contribution in [0.1, 0.15) is 40.4 Å². The number of guanidine groups is 1. The van der Waals surface area contributed by atoms with Crippen molar-refractivity contribution in [1.29, 1.82) is 0 Å². The van der Waals surface area contributed by atoms with Crippen LogP contribution in [-0.2, 0) is 6.54 Å². The Labute approximate surface area is 171 Å². The van der Waals surface area contributed by atoms with Gasteiger partial charge in [0.1, 0.15) is 0 Å². The predicted octanol–water partition coefficient (Wildman–Crippen LogP) is 4.33. The van der Waals surface area contributed by atoms with E-state index in [1.54, 1.807) is 11.3 Å². The Morgan fingerprint density at radius 3 is 2.72 bits per heavy atom. The number of aliphatic imine (C=N–C) groups is 1. The van der Waals surface area contributed by atoms with Crippen LogP contribution in [0, 0.1) is 13.8 Å². The van der Waals surface area contributed by atoms with Gasteiger partial charge < -0.3 is 10.2 Å². The lowest BCUT2D eigenvalue weighted by molar-refractivity contribution is 0.486. The van der Waals surface area contributed by atoms with Gasteiger partial charge in [-0.2, -0.15) is 0 Å². The monoisotopic (exact) mass is 470 g/mol. The van der Waals surface area contributed by atoms with Crippen LogP contribution >= 0.6 is 35.3 Å². The fourth-order valence-electron chi connectivity index (χ4n) is 3.24. The maximum absolute atomic E-state index is 4.87. The van der Waals surface area contributed by atoms with Crippen LogP contribution in [-0.4, -0.2) is 35.5 Å². The summed E-state index contributed by atoms with van der Waals surface area (Å²) < 4.78 is 0. The second kappa shape index (κ2) is 9.52. The van der Waals surface area contributed by atoms with Gasteiger partial charge >= 0.3 is 0 Å². The minimum absolute atomic E-state index is 0. The highest BCUT2D eigenvalue weighted by atomic mass is 127. The molecule has 136 valence electrons. The standard InChI is InChI=1S/C19H26N4S.HI/c1-4-20-19(21-12-18-14(2)22-15(3)24-18)23-11-10-17(13-23)16-8-6-5-7-9-16;/h5-9,17H,4,10-13H2,1-3H3,(H,20,21);1H. The number of benzene rings is 1. The molecule has 6 heteroatoms. The second-order valence-corrected chi connectivity index (χ2v) is 7.54. The molecule has 1 aromatic heterocycles. The molecule has 1 saturated heterocycles. The molecule has 0 aliphatic carbocycles.